The lowest BCUT2D eigenvalue weighted by Gasteiger charge is -2.27. The number of nitrogens with one attached hydrogen (secondary N) is 1. The van der Waals surface area contributed by atoms with Crippen LogP contribution < -0.4 is 9.61 Å². The Morgan fingerprint density at radius 1 is 0.957 bits per heavy atom. The van der Waals surface area contributed by atoms with Crippen LogP contribution in [-0.4, -0.2) is 23.7 Å². The first kappa shape index (κ1) is 15.8. The molecule has 0 spiro atoms. The summed E-state index contributed by atoms with van der Waals surface area (Å²) in [5.74, 6) is 0.0906. The molecule has 6 heteroatoms. The molecular weight excluding hydrogens is 311 g/mol. The number of carbonyl (C=O) groups is 1. The van der Waals surface area contributed by atoms with Gasteiger partial charge in [0.25, 0.3) is 5.91 Å². The van der Waals surface area contributed by atoms with Crippen LogP contribution in [0, 0.1) is 0 Å². The first-order chi connectivity index (χ1) is 11.2. The molecule has 2 aromatic carbocycles. The van der Waals surface area contributed by atoms with Gasteiger partial charge in [0.05, 0.1) is 0 Å². The fourth-order valence-electron chi connectivity index (χ4n) is 2.52. The molecule has 2 aromatic rings. The first-order valence-electron chi connectivity index (χ1n) is 7.65. The summed E-state index contributed by atoms with van der Waals surface area (Å²) in [5, 5.41) is 2.62. The van der Waals surface area contributed by atoms with Gasteiger partial charge in [-0.3, -0.25) is 9.88 Å². The standard InChI is InChI=1S/C17H19N2O3P/c20-17(15-9-3-1-4-10-15)18-23(21,19-13-7-8-14-19)22-16-11-5-2-6-12-16/h1-6,9-12H,7-8,13-14H2,(H,18,20,21). The van der Waals surface area contributed by atoms with Crippen molar-refractivity contribution in [3.63, 3.8) is 0 Å². The predicted octanol–water partition coefficient (Wildman–Crippen LogP) is 3.70. The highest BCUT2D eigenvalue weighted by molar-refractivity contribution is 7.55. The van der Waals surface area contributed by atoms with Crippen LogP contribution in [0.4, 0.5) is 0 Å². The molecule has 0 aromatic heterocycles. The van der Waals surface area contributed by atoms with Crippen LogP contribution in [0.3, 0.4) is 0 Å². The molecule has 0 saturated carbocycles. The summed E-state index contributed by atoms with van der Waals surface area (Å²) in [6, 6.07) is 17.7. The zero-order valence-electron chi connectivity index (χ0n) is 12.7. The largest absolute Gasteiger partial charge is 0.422 e. The smallest absolute Gasteiger partial charge is 0.418 e. The maximum absolute atomic E-state index is 13.3. The molecule has 1 fully saturated rings. The Morgan fingerprint density at radius 3 is 2.13 bits per heavy atom. The minimum atomic E-state index is -3.48. The van der Waals surface area contributed by atoms with E-state index in [1.54, 1.807) is 41.1 Å². The molecule has 5 nitrogen and oxygen atoms in total. The number of para-hydroxylation sites is 1. The van der Waals surface area contributed by atoms with Crippen LogP contribution in [0.1, 0.15) is 23.2 Å². The Labute approximate surface area is 135 Å². The van der Waals surface area contributed by atoms with Gasteiger partial charge in [-0.25, -0.2) is 9.24 Å². The fourth-order valence-corrected chi connectivity index (χ4v) is 4.43. The van der Waals surface area contributed by atoms with Gasteiger partial charge in [-0.05, 0) is 37.1 Å². The van der Waals surface area contributed by atoms with Crippen molar-refractivity contribution < 1.29 is 13.9 Å². The van der Waals surface area contributed by atoms with Crippen molar-refractivity contribution in [3.05, 3.63) is 66.2 Å². The summed E-state index contributed by atoms with van der Waals surface area (Å²) >= 11 is 0. The van der Waals surface area contributed by atoms with E-state index in [4.69, 9.17) is 4.52 Å². The molecule has 3 rings (SSSR count). The van der Waals surface area contributed by atoms with E-state index in [0.717, 1.165) is 12.8 Å². The normalized spacial score (nSPS) is 17.4. The lowest BCUT2D eigenvalue weighted by molar-refractivity contribution is 0.0974. The zero-order chi connectivity index (χ0) is 16.1. The summed E-state index contributed by atoms with van der Waals surface area (Å²) in [6.07, 6.45) is 1.90. The van der Waals surface area contributed by atoms with Crippen LogP contribution in [0.15, 0.2) is 60.7 Å². The average Bonchev–Trinajstić information content (AvgIpc) is 3.12. The van der Waals surface area contributed by atoms with Crippen LogP contribution in [-0.2, 0) is 4.57 Å². The molecule has 1 amide bonds. The maximum atomic E-state index is 13.3. The van der Waals surface area contributed by atoms with Crippen molar-refractivity contribution in [2.75, 3.05) is 13.1 Å². The van der Waals surface area contributed by atoms with Crippen LogP contribution in [0.2, 0.25) is 0 Å². The molecule has 1 heterocycles. The van der Waals surface area contributed by atoms with Crippen molar-refractivity contribution in [3.8, 4) is 5.75 Å². The Balaban J connectivity index is 1.83. The van der Waals surface area contributed by atoms with Gasteiger partial charge in [-0.15, -0.1) is 0 Å². The highest BCUT2D eigenvalue weighted by Gasteiger charge is 2.37. The molecule has 1 N–H and O–H groups in total. The molecule has 23 heavy (non-hydrogen) atoms. The van der Waals surface area contributed by atoms with Crippen LogP contribution >= 0.6 is 7.67 Å². The SMILES string of the molecule is O=C(NP(=O)(Oc1ccccc1)N1CCCC1)c1ccccc1. The van der Waals surface area contributed by atoms with E-state index >= 15 is 0 Å². The summed E-state index contributed by atoms with van der Waals surface area (Å²) < 4.78 is 20.8. The fraction of sp³-hybridized carbons (Fsp3) is 0.235. The second kappa shape index (κ2) is 6.99. The lowest BCUT2D eigenvalue weighted by Crippen LogP contribution is -2.32. The first-order valence-corrected chi connectivity index (χ1v) is 9.23. The van der Waals surface area contributed by atoms with Gasteiger partial charge in [0.2, 0.25) is 0 Å². The summed E-state index contributed by atoms with van der Waals surface area (Å²) in [6.45, 7) is 1.30. The van der Waals surface area contributed by atoms with E-state index in [-0.39, 0.29) is 0 Å². The Hall–Kier alpha value is -2.10. The van der Waals surface area contributed by atoms with E-state index in [1.165, 1.54) is 0 Å². The van der Waals surface area contributed by atoms with E-state index in [0.29, 0.717) is 24.4 Å². The second-order valence-electron chi connectivity index (χ2n) is 5.39. The average molecular weight is 330 g/mol. The minimum absolute atomic E-state index is 0.392. The monoisotopic (exact) mass is 330 g/mol. The number of hydrogen-bond donors (Lipinski definition) is 1. The Bertz CT molecular complexity index is 700. The minimum Gasteiger partial charge on any atom is -0.418 e. The molecule has 120 valence electrons. The third-order valence-electron chi connectivity index (χ3n) is 3.71. The van der Waals surface area contributed by atoms with E-state index in [9.17, 15) is 9.36 Å². The Morgan fingerprint density at radius 2 is 1.52 bits per heavy atom. The molecular formula is C17H19N2O3P. The van der Waals surface area contributed by atoms with E-state index in [1.807, 2.05) is 24.3 Å². The maximum Gasteiger partial charge on any atom is 0.422 e. The topological polar surface area (TPSA) is 58.6 Å². The summed E-state index contributed by atoms with van der Waals surface area (Å²) in [4.78, 5) is 12.4. The van der Waals surface area contributed by atoms with Gasteiger partial charge >= 0.3 is 7.67 Å². The van der Waals surface area contributed by atoms with Gasteiger partial charge in [0.15, 0.2) is 0 Å². The lowest BCUT2D eigenvalue weighted by atomic mass is 10.2. The van der Waals surface area contributed by atoms with Crippen LogP contribution in [0.5, 0.6) is 5.75 Å². The van der Waals surface area contributed by atoms with Gasteiger partial charge in [0, 0.05) is 18.7 Å². The van der Waals surface area contributed by atoms with E-state index < -0.39 is 13.6 Å². The Kier molecular flexibility index (Phi) is 4.79. The summed E-state index contributed by atoms with van der Waals surface area (Å²) in [5.41, 5.74) is 0.462. The number of benzene rings is 2. The quantitative estimate of drug-likeness (QED) is 0.849. The molecule has 0 aliphatic carbocycles. The number of rotatable bonds is 5. The molecule has 1 atom stereocenters. The highest BCUT2D eigenvalue weighted by atomic mass is 31.2. The number of amides is 1. The van der Waals surface area contributed by atoms with Gasteiger partial charge in [-0.2, -0.15) is 0 Å². The molecule has 1 aliphatic rings. The predicted molar refractivity (Wildman–Crippen MR) is 89.4 cm³/mol. The van der Waals surface area contributed by atoms with Crippen LogP contribution in [0.25, 0.3) is 0 Å². The second-order valence-corrected chi connectivity index (χ2v) is 7.41. The van der Waals surface area contributed by atoms with Crippen molar-refractivity contribution >= 4 is 13.6 Å². The third kappa shape index (κ3) is 3.81. The molecule has 1 unspecified atom stereocenters. The van der Waals surface area contributed by atoms with Gasteiger partial charge in [0.1, 0.15) is 5.75 Å². The number of hydrogen-bond acceptors (Lipinski definition) is 3. The third-order valence-corrected chi connectivity index (χ3v) is 5.79. The van der Waals surface area contributed by atoms with Crippen molar-refractivity contribution in [1.82, 2.24) is 9.76 Å². The number of nitrogens with zero attached hydrogens (tertiary/aromatic N) is 1. The van der Waals surface area contributed by atoms with Gasteiger partial charge < -0.3 is 4.52 Å². The van der Waals surface area contributed by atoms with Crippen molar-refractivity contribution in [2.24, 2.45) is 0 Å². The van der Waals surface area contributed by atoms with E-state index in [2.05, 4.69) is 5.09 Å². The molecule has 1 saturated heterocycles. The highest BCUT2D eigenvalue weighted by Crippen LogP contribution is 2.48. The zero-order valence-corrected chi connectivity index (χ0v) is 13.6. The summed E-state index contributed by atoms with van der Waals surface area (Å²) in [7, 11) is -3.48. The molecule has 0 radical (unpaired) electrons. The van der Waals surface area contributed by atoms with Crippen molar-refractivity contribution in [2.45, 2.75) is 12.8 Å². The number of carbonyl (C=O) groups excluding carboxylic acids is 1. The molecule has 0 bridgehead atoms. The molecule has 1 aliphatic heterocycles. The van der Waals surface area contributed by atoms with Gasteiger partial charge in [-0.1, -0.05) is 36.4 Å². The van der Waals surface area contributed by atoms with Crippen molar-refractivity contribution in [1.29, 1.82) is 0 Å².